The largest absolute Gasteiger partial charge is 0.472 e. The lowest BCUT2D eigenvalue weighted by Gasteiger charge is -2.27. The molecule has 0 aromatic rings. The van der Waals surface area contributed by atoms with Gasteiger partial charge in [0.15, 0.2) is 0 Å². The van der Waals surface area contributed by atoms with Crippen molar-refractivity contribution >= 4 is 19.7 Å². The summed E-state index contributed by atoms with van der Waals surface area (Å²) in [4.78, 5) is 37.4. The van der Waals surface area contributed by atoms with Gasteiger partial charge in [-0.15, -0.1) is 0 Å². The van der Waals surface area contributed by atoms with E-state index < -0.39 is 20.0 Å². The van der Waals surface area contributed by atoms with Crippen molar-refractivity contribution in [3.63, 3.8) is 0 Å². The van der Waals surface area contributed by atoms with Crippen LogP contribution in [0.25, 0.3) is 0 Å². The molecule has 0 saturated heterocycles. The van der Waals surface area contributed by atoms with Gasteiger partial charge in [-0.05, 0) is 83.1 Å². The summed E-state index contributed by atoms with van der Waals surface area (Å²) in [5, 5.41) is 2.99. The van der Waals surface area contributed by atoms with E-state index in [1.54, 1.807) is 0 Å². The standard InChI is InChI=1S/C56H101N2O7P/c1-7-10-13-16-19-22-25-28-31-34-37-40-43-46-49-56(60)65-54(47-44-41-38-35-32-29-26-23-20-17-14-11-8-2)53(52-64-66(61,62)63-51-50-58(4,5)6)57-55(59)48-45-42-39-36-33-30-27-24-21-18-15-12-9-3/h10,13,19,22,28,30-31,33,39,42,44,47,53-54H,7-9,11-12,14-18,20-21,23-27,29,32,34-38,40-41,43,45-46,48-52H2,1-6H3,(H-,57,59,61,62)/p+1/b13-10+,22-19+,31-28+,33-30-,42-39+,47-44+. The summed E-state index contributed by atoms with van der Waals surface area (Å²) < 4.78 is 30.5. The van der Waals surface area contributed by atoms with Gasteiger partial charge in [0.05, 0.1) is 33.8 Å². The number of amides is 1. The lowest BCUT2D eigenvalue weighted by molar-refractivity contribution is -0.870. The predicted octanol–water partition coefficient (Wildman–Crippen LogP) is 15.7. The zero-order chi connectivity index (χ0) is 48.7. The molecule has 0 radical (unpaired) electrons. The summed E-state index contributed by atoms with van der Waals surface area (Å²) in [6.45, 7) is 6.81. The molecule has 0 aliphatic carbocycles. The molecule has 2 N–H and O–H groups in total. The van der Waals surface area contributed by atoms with Gasteiger partial charge in [-0.3, -0.25) is 18.6 Å². The maximum Gasteiger partial charge on any atom is 0.472 e. The average molecular weight is 946 g/mol. The molecular weight excluding hydrogens is 844 g/mol. The topological polar surface area (TPSA) is 111 Å². The minimum absolute atomic E-state index is 0.0248. The maximum atomic E-state index is 13.4. The lowest BCUT2D eigenvalue weighted by Crippen LogP contribution is -2.47. The Bertz CT molecular complexity index is 1370. The number of phosphoric ester groups is 1. The highest BCUT2D eigenvalue weighted by atomic mass is 31.2. The molecule has 0 bridgehead atoms. The van der Waals surface area contributed by atoms with Crippen LogP contribution in [0.15, 0.2) is 72.9 Å². The number of unbranched alkanes of at least 4 members (excludes halogenated alkanes) is 21. The smallest absolute Gasteiger partial charge is 0.456 e. The number of carbonyl (C=O) groups excluding carboxylic acids is 2. The first-order valence-corrected chi connectivity index (χ1v) is 28.3. The molecule has 0 aliphatic heterocycles. The van der Waals surface area contributed by atoms with Crippen LogP contribution in [0.2, 0.25) is 0 Å². The lowest BCUT2D eigenvalue weighted by atomic mass is 10.0. The summed E-state index contributed by atoms with van der Waals surface area (Å²) in [6.07, 6.45) is 57.7. The summed E-state index contributed by atoms with van der Waals surface area (Å²) in [5.74, 6) is -0.613. The van der Waals surface area contributed by atoms with Gasteiger partial charge < -0.3 is 19.4 Å². The van der Waals surface area contributed by atoms with Crippen LogP contribution >= 0.6 is 7.82 Å². The van der Waals surface area contributed by atoms with Crippen LogP contribution in [-0.4, -0.2) is 74.3 Å². The molecular formula is C56H102N2O7P+. The van der Waals surface area contributed by atoms with Crippen molar-refractivity contribution < 1.29 is 37.3 Å². The van der Waals surface area contributed by atoms with Crippen LogP contribution in [-0.2, 0) is 27.9 Å². The van der Waals surface area contributed by atoms with Crippen molar-refractivity contribution in [3.8, 4) is 0 Å². The van der Waals surface area contributed by atoms with Crippen molar-refractivity contribution in [3.05, 3.63) is 72.9 Å². The van der Waals surface area contributed by atoms with Gasteiger partial charge in [0.25, 0.3) is 0 Å². The van der Waals surface area contributed by atoms with E-state index in [0.717, 1.165) is 77.0 Å². The molecule has 10 heteroatoms. The number of hydrogen-bond donors (Lipinski definition) is 2. The number of carbonyl (C=O) groups is 2. The quantitative estimate of drug-likeness (QED) is 0.0205. The van der Waals surface area contributed by atoms with Gasteiger partial charge in [0, 0.05) is 12.8 Å². The molecule has 3 unspecified atom stereocenters. The summed E-state index contributed by atoms with van der Waals surface area (Å²) in [7, 11) is 1.44. The minimum Gasteiger partial charge on any atom is -0.456 e. The van der Waals surface area contributed by atoms with Crippen LogP contribution < -0.4 is 5.32 Å². The number of likely N-dealkylation sites (N-methyl/N-ethyl adjacent to an activating group) is 1. The van der Waals surface area contributed by atoms with Crippen LogP contribution in [0.4, 0.5) is 0 Å². The highest BCUT2D eigenvalue weighted by molar-refractivity contribution is 7.47. The van der Waals surface area contributed by atoms with Crippen LogP contribution in [0.5, 0.6) is 0 Å². The Morgan fingerprint density at radius 2 is 0.985 bits per heavy atom. The number of quaternary nitrogens is 1. The third-order valence-electron chi connectivity index (χ3n) is 11.4. The third kappa shape index (κ3) is 46.6. The van der Waals surface area contributed by atoms with Crippen LogP contribution in [0, 0.1) is 0 Å². The molecule has 1 amide bonds. The Balaban J connectivity index is 5.55. The van der Waals surface area contributed by atoms with Gasteiger partial charge in [0.1, 0.15) is 19.3 Å². The monoisotopic (exact) mass is 946 g/mol. The van der Waals surface area contributed by atoms with E-state index in [-0.39, 0.29) is 37.9 Å². The third-order valence-corrected chi connectivity index (χ3v) is 12.4. The second kappa shape index (κ2) is 46.2. The normalized spacial score (nSPS) is 14.5. The van der Waals surface area contributed by atoms with Gasteiger partial charge in [-0.2, -0.15) is 0 Å². The molecule has 0 aromatic carbocycles. The van der Waals surface area contributed by atoms with Crippen molar-refractivity contribution in [1.82, 2.24) is 5.32 Å². The van der Waals surface area contributed by atoms with Crippen LogP contribution in [0.1, 0.15) is 220 Å². The number of hydrogen-bond acceptors (Lipinski definition) is 6. The van der Waals surface area contributed by atoms with E-state index in [1.807, 2.05) is 39.4 Å². The number of nitrogens with one attached hydrogen (secondary N) is 1. The highest BCUT2D eigenvalue weighted by Gasteiger charge is 2.30. The number of rotatable bonds is 47. The predicted molar refractivity (Wildman–Crippen MR) is 281 cm³/mol. The first-order chi connectivity index (χ1) is 31.9. The van der Waals surface area contributed by atoms with E-state index in [1.165, 1.54) is 96.3 Å². The molecule has 0 fully saturated rings. The van der Waals surface area contributed by atoms with Crippen molar-refractivity contribution in [1.29, 1.82) is 0 Å². The molecule has 382 valence electrons. The van der Waals surface area contributed by atoms with E-state index in [9.17, 15) is 19.0 Å². The molecule has 0 aliphatic rings. The second-order valence-electron chi connectivity index (χ2n) is 19.0. The number of ether oxygens (including phenoxy) is 1. The Morgan fingerprint density at radius 3 is 1.48 bits per heavy atom. The van der Waals surface area contributed by atoms with E-state index in [0.29, 0.717) is 23.9 Å². The zero-order valence-electron chi connectivity index (χ0n) is 43.4. The first-order valence-electron chi connectivity index (χ1n) is 26.8. The maximum absolute atomic E-state index is 13.4. The first kappa shape index (κ1) is 63.5. The van der Waals surface area contributed by atoms with Gasteiger partial charge in [-0.25, -0.2) is 4.57 Å². The fraction of sp³-hybridized carbons (Fsp3) is 0.750. The average Bonchev–Trinajstić information content (AvgIpc) is 3.27. The molecule has 9 nitrogen and oxygen atoms in total. The Hall–Kier alpha value is -2.55. The van der Waals surface area contributed by atoms with Crippen LogP contribution in [0.3, 0.4) is 0 Å². The van der Waals surface area contributed by atoms with Gasteiger partial charge in [0.2, 0.25) is 5.91 Å². The highest BCUT2D eigenvalue weighted by Crippen LogP contribution is 2.43. The molecule has 3 atom stereocenters. The Kier molecular flexibility index (Phi) is 44.4. The molecule has 66 heavy (non-hydrogen) atoms. The summed E-state index contributed by atoms with van der Waals surface area (Å²) in [5.41, 5.74) is 0. The number of allylic oxidation sites excluding steroid dienone is 11. The van der Waals surface area contributed by atoms with Gasteiger partial charge in [-0.1, -0.05) is 197 Å². The Morgan fingerprint density at radius 1 is 0.545 bits per heavy atom. The van der Waals surface area contributed by atoms with Crippen molar-refractivity contribution in [2.24, 2.45) is 0 Å². The Labute approximate surface area is 406 Å². The van der Waals surface area contributed by atoms with Crippen molar-refractivity contribution in [2.45, 2.75) is 232 Å². The zero-order valence-corrected chi connectivity index (χ0v) is 44.3. The van der Waals surface area contributed by atoms with E-state index in [2.05, 4.69) is 80.8 Å². The van der Waals surface area contributed by atoms with Gasteiger partial charge >= 0.3 is 13.8 Å². The second-order valence-corrected chi connectivity index (χ2v) is 20.5. The molecule has 0 spiro atoms. The molecule has 0 heterocycles. The fourth-order valence-electron chi connectivity index (χ4n) is 7.24. The number of esters is 1. The number of phosphoric acid groups is 1. The fourth-order valence-corrected chi connectivity index (χ4v) is 7.97. The summed E-state index contributed by atoms with van der Waals surface area (Å²) in [6, 6.07) is -0.888. The SMILES string of the molecule is CC/C=C/C/C=C/C/C=C/CCCCCCC(=O)OC(/C=C/CCCCCCCCCCCCC)C(COP(=O)(O)OCC[N+](C)(C)C)NC(=O)CC/C=C/C/C=C\CCCCCCCC. The minimum atomic E-state index is -4.46. The van der Waals surface area contributed by atoms with E-state index >= 15 is 0 Å². The van der Waals surface area contributed by atoms with E-state index in [4.69, 9.17) is 13.8 Å². The molecule has 0 rings (SSSR count). The molecule has 0 aromatic heterocycles. The number of nitrogens with zero attached hydrogens (tertiary/aromatic N) is 1. The summed E-state index contributed by atoms with van der Waals surface area (Å²) >= 11 is 0. The van der Waals surface area contributed by atoms with Crippen molar-refractivity contribution in [2.75, 3.05) is 40.9 Å². The molecule has 0 saturated carbocycles.